The zero-order valence-corrected chi connectivity index (χ0v) is 18.5. The largest absolute Gasteiger partial charge is 0.482 e. The zero-order valence-electron chi connectivity index (χ0n) is 16.9. The number of benzene rings is 3. The van der Waals surface area contributed by atoms with Crippen LogP contribution in [0.1, 0.15) is 12.5 Å². The fraction of sp³-hybridized carbons (Fsp3) is 0.174. The molecule has 3 aromatic carbocycles. The van der Waals surface area contributed by atoms with E-state index >= 15 is 0 Å². The Labute approximate surface area is 187 Å². The minimum atomic E-state index is -3.99. The van der Waals surface area contributed by atoms with Crippen LogP contribution in [0.25, 0.3) is 0 Å². The van der Waals surface area contributed by atoms with Crippen LogP contribution < -0.4 is 9.04 Å². The number of ether oxygens (including phenoxy) is 2. The normalized spacial score (nSPS) is 11.0. The van der Waals surface area contributed by atoms with Gasteiger partial charge < -0.3 is 9.47 Å². The Bertz CT molecular complexity index is 1120. The third-order valence-corrected chi connectivity index (χ3v) is 6.28. The summed E-state index contributed by atoms with van der Waals surface area (Å²) in [4.78, 5) is 11.5. The monoisotopic (exact) mass is 459 g/mol. The fourth-order valence-corrected chi connectivity index (χ4v) is 4.70. The van der Waals surface area contributed by atoms with Crippen molar-refractivity contribution in [3.63, 3.8) is 0 Å². The standard InChI is InChI=1S/C23H22ClNO5S/c1-2-29-23(26)17-30-21-13-19(24)14-22(15-21)31(27,28)25(20-11-7-4-8-12-20)16-18-9-5-3-6-10-18/h3-15H,2,16-17H2,1H3. The van der Waals surface area contributed by atoms with E-state index in [4.69, 9.17) is 21.1 Å². The number of nitrogens with zero attached hydrogens (tertiary/aromatic N) is 1. The molecule has 0 amide bonds. The first-order valence-electron chi connectivity index (χ1n) is 9.61. The van der Waals surface area contributed by atoms with E-state index in [9.17, 15) is 13.2 Å². The molecule has 8 heteroatoms. The molecule has 0 aromatic heterocycles. The first-order chi connectivity index (χ1) is 14.9. The number of halogens is 1. The Kier molecular flexibility index (Phi) is 7.55. The topological polar surface area (TPSA) is 72.9 Å². The van der Waals surface area contributed by atoms with E-state index in [1.165, 1.54) is 22.5 Å². The number of para-hydroxylation sites is 1. The van der Waals surface area contributed by atoms with Gasteiger partial charge in [0.1, 0.15) is 5.75 Å². The van der Waals surface area contributed by atoms with Crippen LogP contribution >= 0.6 is 11.6 Å². The zero-order chi connectivity index (χ0) is 22.3. The van der Waals surface area contributed by atoms with Crippen LogP contribution in [-0.4, -0.2) is 27.6 Å². The molecule has 0 radical (unpaired) electrons. The molecule has 31 heavy (non-hydrogen) atoms. The first kappa shape index (κ1) is 22.7. The molecule has 0 aliphatic carbocycles. The van der Waals surface area contributed by atoms with Crippen LogP contribution in [0.4, 0.5) is 5.69 Å². The lowest BCUT2D eigenvalue weighted by Gasteiger charge is -2.25. The summed E-state index contributed by atoms with van der Waals surface area (Å²) in [5, 5.41) is 0.174. The summed E-state index contributed by atoms with van der Waals surface area (Å²) in [6.45, 7) is 1.70. The smallest absolute Gasteiger partial charge is 0.344 e. The van der Waals surface area contributed by atoms with Gasteiger partial charge in [-0.1, -0.05) is 60.1 Å². The first-order valence-corrected chi connectivity index (χ1v) is 11.4. The van der Waals surface area contributed by atoms with Crippen LogP contribution in [-0.2, 0) is 26.1 Å². The maximum Gasteiger partial charge on any atom is 0.344 e. The Balaban J connectivity index is 1.96. The van der Waals surface area contributed by atoms with Crippen molar-refractivity contribution in [2.45, 2.75) is 18.4 Å². The van der Waals surface area contributed by atoms with Gasteiger partial charge in [-0.05, 0) is 36.8 Å². The minimum Gasteiger partial charge on any atom is -0.482 e. The van der Waals surface area contributed by atoms with E-state index in [-0.39, 0.29) is 35.4 Å². The molecule has 0 N–H and O–H groups in total. The third kappa shape index (κ3) is 5.99. The Hall–Kier alpha value is -3.03. The molecule has 162 valence electrons. The molecule has 0 heterocycles. The predicted octanol–water partition coefficient (Wildman–Crippen LogP) is 4.68. The van der Waals surface area contributed by atoms with E-state index in [0.29, 0.717) is 5.69 Å². The number of carbonyl (C=O) groups excluding carboxylic acids is 1. The second kappa shape index (κ2) is 10.3. The van der Waals surface area contributed by atoms with Gasteiger partial charge in [-0.3, -0.25) is 4.31 Å². The lowest BCUT2D eigenvalue weighted by molar-refractivity contribution is -0.145. The molecule has 6 nitrogen and oxygen atoms in total. The summed E-state index contributed by atoms with van der Waals surface area (Å²) in [6, 6.07) is 22.3. The summed E-state index contributed by atoms with van der Waals surface area (Å²) < 4.78 is 38.7. The van der Waals surface area contributed by atoms with Crippen LogP contribution in [0.3, 0.4) is 0 Å². The van der Waals surface area contributed by atoms with Crippen LogP contribution in [0.5, 0.6) is 5.75 Å². The van der Waals surface area contributed by atoms with Crippen LogP contribution in [0.15, 0.2) is 83.8 Å². The van der Waals surface area contributed by atoms with Crippen molar-refractivity contribution in [2.75, 3.05) is 17.5 Å². The molecule has 0 atom stereocenters. The van der Waals surface area contributed by atoms with Gasteiger partial charge in [-0.2, -0.15) is 0 Å². The van der Waals surface area contributed by atoms with Crippen molar-refractivity contribution in [1.82, 2.24) is 0 Å². The summed E-state index contributed by atoms with van der Waals surface area (Å²) in [5.41, 5.74) is 1.34. The van der Waals surface area contributed by atoms with Gasteiger partial charge in [0, 0.05) is 11.1 Å². The van der Waals surface area contributed by atoms with Gasteiger partial charge in [0.05, 0.1) is 23.7 Å². The highest BCUT2D eigenvalue weighted by Gasteiger charge is 2.26. The number of hydrogen-bond acceptors (Lipinski definition) is 5. The predicted molar refractivity (Wildman–Crippen MR) is 120 cm³/mol. The van der Waals surface area contributed by atoms with E-state index in [1.807, 2.05) is 36.4 Å². The maximum atomic E-state index is 13.6. The second-order valence-corrected chi connectivity index (χ2v) is 8.85. The number of rotatable bonds is 9. The summed E-state index contributed by atoms with van der Waals surface area (Å²) >= 11 is 6.16. The van der Waals surface area contributed by atoms with Crippen LogP contribution in [0, 0.1) is 0 Å². The molecular weight excluding hydrogens is 438 g/mol. The molecule has 0 saturated heterocycles. The third-order valence-electron chi connectivity index (χ3n) is 4.31. The van der Waals surface area contributed by atoms with E-state index in [0.717, 1.165) is 5.56 Å². The Morgan fingerprint density at radius 2 is 1.61 bits per heavy atom. The number of carbonyl (C=O) groups is 1. The van der Waals surface area contributed by atoms with E-state index in [2.05, 4.69) is 0 Å². The van der Waals surface area contributed by atoms with Crippen molar-refractivity contribution < 1.29 is 22.7 Å². The minimum absolute atomic E-state index is 0.0429. The van der Waals surface area contributed by atoms with E-state index < -0.39 is 16.0 Å². The Morgan fingerprint density at radius 3 is 2.26 bits per heavy atom. The van der Waals surface area contributed by atoms with Crippen molar-refractivity contribution in [3.05, 3.63) is 89.4 Å². The molecular formula is C23H22ClNO5S. The van der Waals surface area contributed by atoms with Crippen molar-refractivity contribution in [2.24, 2.45) is 0 Å². The number of anilines is 1. The van der Waals surface area contributed by atoms with Crippen LogP contribution in [0.2, 0.25) is 5.02 Å². The lowest BCUT2D eigenvalue weighted by atomic mass is 10.2. The maximum absolute atomic E-state index is 13.6. The summed E-state index contributed by atoms with van der Waals surface area (Å²) in [6.07, 6.45) is 0. The number of sulfonamides is 1. The molecule has 0 aliphatic heterocycles. The lowest BCUT2D eigenvalue weighted by Crippen LogP contribution is -2.30. The Morgan fingerprint density at radius 1 is 0.968 bits per heavy atom. The van der Waals surface area contributed by atoms with Crippen molar-refractivity contribution in [1.29, 1.82) is 0 Å². The molecule has 0 fully saturated rings. The molecule has 0 bridgehead atoms. The molecule has 0 saturated carbocycles. The van der Waals surface area contributed by atoms with Crippen molar-refractivity contribution in [3.8, 4) is 5.75 Å². The molecule has 3 rings (SSSR count). The summed E-state index contributed by atoms with van der Waals surface area (Å²) in [5.74, 6) is -0.395. The average molecular weight is 460 g/mol. The second-order valence-electron chi connectivity index (χ2n) is 6.55. The van der Waals surface area contributed by atoms with Gasteiger partial charge in [0.2, 0.25) is 0 Å². The molecule has 3 aromatic rings. The highest BCUT2D eigenvalue weighted by molar-refractivity contribution is 7.92. The highest BCUT2D eigenvalue weighted by atomic mass is 35.5. The average Bonchev–Trinajstić information content (AvgIpc) is 2.77. The van der Waals surface area contributed by atoms with Gasteiger partial charge >= 0.3 is 5.97 Å². The fourth-order valence-electron chi connectivity index (χ4n) is 2.90. The quantitative estimate of drug-likeness (QED) is 0.434. The van der Waals surface area contributed by atoms with Crippen molar-refractivity contribution >= 4 is 33.3 Å². The number of esters is 1. The summed E-state index contributed by atoms with van der Waals surface area (Å²) in [7, 11) is -3.99. The SMILES string of the molecule is CCOC(=O)COc1cc(Cl)cc(S(=O)(=O)N(Cc2ccccc2)c2ccccc2)c1. The van der Waals surface area contributed by atoms with Gasteiger partial charge in [-0.25, -0.2) is 13.2 Å². The van der Waals surface area contributed by atoms with Gasteiger partial charge in [0.25, 0.3) is 10.0 Å². The van der Waals surface area contributed by atoms with Gasteiger partial charge in [-0.15, -0.1) is 0 Å². The van der Waals surface area contributed by atoms with Gasteiger partial charge in [0.15, 0.2) is 6.61 Å². The number of hydrogen-bond donors (Lipinski definition) is 0. The van der Waals surface area contributed by atoms with E-state index in [1.54, 1.807) is 31.2 Å². The molecule has 0 spiro atoms. The molecule has 0 aliphatic rings. The molecule has 0 unspecified atom stereocenters. The highest BCUT2D eigenvalue weighted by Crippen LogP contribution is 2.30.